The molecule has 3 aromatic carbocycles. The number of ether oxygens (including phenoxy) is 1. The van der Waals surface area contributed by atoms with Crippen molar-refractivity contribution in [2.45, 2.75) is 19.6 Å². The van der Waals surface area contributed by atoms with Crippen molar-refractivity contribution < 1.29 is 14.3 Å². The zero-order valence-corrected chi connectivity index (χ0v) is 18.7. The number of carbonyl (C=O) groups is 2. The lowest BCUT2D eigenvalue weighted by Crippen LogP contribution is -2.39. The number of benzene rings is 3. The van der Waals surface area contributed by atoms with Crippen LogP contribution in [0.3, 0.4) is 0 Å². The van der Waals surface area contributed by atoms with Crippen LogP contribution < -0.4 is 15.5 Å². The SMILES string of the molecule is C[C@H](NC(=O)C(=O)N/N=C\c1ccccc1OCc1ccc(Cl)c(Cl)c1)c1ccccc1. The first-order chi connectivity index (χ1) is 15.4. The van der Waals surface area contributed by atoms with Gasteiger partial charge >= 0.3 is 11.8 Å². The summed E-state index contributed by atoms with van der Waals surface area (Å²) < 4.78 is 5.84. The quantitative estimate of drug-likeness (QED) is 0.293. The molecule has 0 saturated carbocycles. The van der Waals surface area contributed by atoms with Crippen molar-refractivity contribution in [2.75, 3.05) is 0 Å². The number of carbonyl (C=O) groups excluding carboxylic acids is 2. The molecule has 0 radical (unpaired) electrons. The van der Waals surface area contributed by atoms with Crippen LogP contribution in [0.4, 0.5) is 0 Å². The molecule has 32 heavy (non-hydrogen) atoms. The molecule has 0 unspecified atom stereocenters. The molecule has 0 saturated heterocycles. The second kappa shape index (κ2) is 11.3. The highest BCUT2D eigenvalue weighted by Gasteiger charge is 2.16. The Kier molecular flexibility index (Phi) is 8.25. The number of nitrogens with zero attached hydrogens (tertiary/aromatic N) is 1. The maximum atomic E-state index is 12.1. The topological polar surface area (TPSA) is 79.8 Å². The van der Waals surface area contributed by atoms with Gasteiger partial charge < -0.3 is 10.1 Å². The molecule has 0 aliphatic heterocycles. The summed E-state index contributed by atoms with van der Waals surface area (Å²) in [5.74, 6) is -1.08. The molecular formula is C24H21Cl2N3O3. The molecular weight excluding hydrogens is 449 g/mol. The van der Waals surface area contributed by atoms with E-state index in [0.717, 1.165) is 11.1 Å². The van der Waals surface area contributed by atoms with E-state index in [4.69, 9.17) is 27.9 Å². The van der Waals surface area contributed by atoms with E-state index in [0.29, 0.717) is 21.4 Å². The van der Waals surface area contributed by atoms with Gasteiger partial charge in [-0.05, 0) is 42.3 Å². The molecule has 0 fully saturated rings. The summed E-state index contributed by atoms with van der Waals surface area (Å²) in [4.78, 5) is 24.2. The lowest BCUT2D eigenvalue weighted by atomic mass is 10.1. The lowest BCUT2D eigenvalue weighted by Gasteiger charge is -2.13. The molecule has 2 amide bonds. The molecule has 6 nitrogen and oxygen atoms in total. The molecule has 0 heterocycles. The second-order valence-electron chi connectivity index (χ2n) is 6.88. The Balaban J connectivity index is 1.56. The number of nitrogens with one attached hydrogen (secondary N) is 2. The Hall–Kier alpha value is -3.35. The van der Waals surface area contributed by atoms with Crippen LogP contribution in [0.25, 0.3) is 0 Å². The normalized spacial score (nSPS) is 11.7. The largest absolute Gasteiger partial charge is 0.488 e. The third-order valence-electron chi connectivity index (χ3n) is 4.52. The fourth-order valence-electron chi connectivity index (χ4n) is 2.81. The van der Waals surface area contributed by atoms with Gasteiger partial charge in [0.15, 0.2) is 0 Å². The van der Waals surface area contributed by atoms with Gasteiger partial charge in [-0.15, -0.1) is 0 Å². The van der Waals surface area contributed by atoms with Crippen LogP contribution in [0.1, 0.15) is 29.7 Å². The van der Waals surface area contributed by atoms with Gasteiger partial charge in [0.05, 0.1) is 22.3 Å². The molecule has 0 aliphatic rings. The molecule has 1 atom stereocenters. The van der Waals surface area contributed by atoms with Crippen LogP contribution in [0.5, 0.6) is 5.75 Å². The van der Waals surface area contributed by atoms with Crippen LogP contribution >= 0.6 is 23.2 Å². The number of hydrogen-bond donors (Lipinski definition) is 2. The van der Waals surface area contributed by atoms with Crippen LogP contribution in [0, 0.1) is 0 Å². The van der Waals surface area contributed by atoms with Crippen molar-refractivity contribution in [3.8, 4) is 5.75 Å². The number of amides is 2. The Bertz CT molecular complexity index is 1120. The smallest absolute Gasteiger partial charge is 0.329 e. The van der Waals surface area contributed by atoms with Crippen molar-refractivity contribution in [1.82, 2.24) is 10.7 Å². The first kappa shape index (κ1) is 23.3. The van der Waals surface area contributed by atoms with Crippen LogP contribution in [-0.2, 0) is 16.2 Å². The number of hydrazone groups is 1. The van der Waals surface area contributed by atoms with E-state index in [-0.39, 0.29) is 12.6 Å². The van der Waals surface area contributed by atoms with Crippen molar-refractivity contribution in [2.24, 2.45) is 5.10 Å². The number of rotatable bonds is 7. The molecule has 0 aliphatic carbocycles. The predicted octanol–water partition coefficient (Wildman–Crippen LogP) is 4.90. The van der Waals surface area contributed by atoms with Gasteiger partial charge in [0.1, 0.15) is 12.4 Å². The van der Waals surface area contributed by atoms with Gasteiger partial charge in [0, 0.05) is 5.56 Å². The third kappa shape index (κ3) is 6.57. The average molecular weight is 470 g/mol. The van der Waals surface area contributed by atoms with Crippen LogP contribution in [0.15, 0.2) is 77.9 Å². The van der Waals surface area contributed by atoms with E-state index in [2.05, 4.69) is 15.8 Å². The highest BCUT2D eigenvalue weighted by atomic mass is 35.5. The predicted molar refractivity (Wildman–Crippen MR) is 126 cm³/mol. The standard InChI is InChI=1S/C24H21Cl2N3O3/c1-16(18-7-3-2-4-8-18)28-23(30)24(31)29-27-14-19-9-5-6-10-22(19)32-15-17-11-12-20(25)21(26)13-17/h2-14,16H,15H2,1H3,(H,28,30)(H,29,31)/b27-14-/t16-/m0/s1. The second-order valence-corrected chi connectivity index (χ2v) is 7.69. The summed E-state index contributed by atoms with van der Waals surface area (Å²) in [5.41, 5.74) is 4.61. The van der Waals surface area contributed by atoms with Gasteiger partial charge in [-0.3, -0.25) is 9.59 Å². The van der Waals surface area contributed by atoms with Crippen molar-refractivity contribution in [3.63, 3.8) is 0 Å². The Labute approximate surface area is 196 Å². The number of halogens is 2. The van der Waals surface area contributed by atoms with Crippen LogP contribution in [-0.4, -0.2) is 18.0 Å². The first-order valence-electron chi connectivity index (χ1n) is 9.78. The minimum Gasteiger partial charge on any atom is -0.488 e. The van der Waals surface area contributed by atoms with E-state index in [1.54, 1.807) is 31.2 Å². The van der Waals surface area contributed by atoms with Gasteiger partial charge in [0.2, 0.25) is 0 Å². The Morgan fingerprint density at radius 1 is 0.969 bits per heavy atom. The molecule has 0 bridgehead atoms. The third-order valence-corrected chi connectivity index (χ3v) is 5.26. The van der Waals surface area contributed by atoms with E-state index in [1.807, 2.05) is 48.5 Å². The van der Waals surface area contributed by atoms with Gasteiger partial charge in [-0.2, -0.15) is 5.10 Å². The van der Waals surface area contributed by atoms with Crippen molar-refractivity contribution >= 4 is 41.2 Å². The summed E-state index contributed by atoms with van der Waals surface area (Å²) in [6.45, 7) is 2.07. The van der Waals surface area contributed by atoms with Gasteiger partial charge in [-0.25, -0.2) is 5.43 Å². The lowest BCUT2D eigenvalue weighted by molar-refractivity contribution is -0.139. The molecule has 164 valence electrons. The van der Waals surface area contributed by atoms with E-state index < -0.39 is 11.8 Å². The average Bonchev–Trinajstić information content (AvgIpc) is 2.81. The van der Waals surface area contributed by atoms with Gasteiger partial charge in [0.25, 0.3) is 0 Å². The Morgan fingerprint density at radius 3 is 2.44 bits per heavy atom. The van der Waals surface area contributed by atoms with E-state index in [1.165, 1.54) is 6.21 Å². The fourth-order valence-corrected chi connectivity index (χ4v) is 3.13. The maximum absolute atomic E-state index is 12.1. The maximum Gasteiger partial charge on any atom is 0.329 e. The van der Waals surface area contributed by atoms with Crippen molar-refractivity contribution in [3.05, 3.63) is 99.5 Å². The zero-order chi connectivity index (χ0) is 22.9. The number of para-hydroxylation sites is 1. The van der Waals surface area contributed by atoms with Crippen molar-refractivity contribution in [1.29, 1.82) is 0 Å². The molecule has 3 rings (SSSR count). The summed E-state index contributed by atoms with van der Waals surface area (Å²) in [6.07, 6.45) is 1.41. The summed E-state index contributed by atoms with van der Waals surface area (Å²) in [7, 11) is 0. The monoisotopic (exact) mass is 469 g/mol. The minimum atomic E-state index is -0.863. The highest BCUT2D eigenvalue weighted by molar-refractivity contribution is 6.42. The van der Waals surface area contributed by atoms with Crippen LogP contribution in [0.2, 0.25) is 10.0 Å². The van der Waals surface area contributed by atoms with E-state index >= 15 is 0 Å². The molecule has 0 spiro atoms. The Morgan fingerprint density at radius 2 is 1.69 bits per heavy atom. The fraction of sp³-hybridized carbons (Fsp3) is 0.125. The van der Waals surface area contributed by atoms with E-state index in [9.17, 15) is 9.59 Å². The molecule has 2 N–H and O–H groups in total. The summed E-state index contributed by atoms with van der Waals surface area (Å²) in [5, 5.41) is 7.44. The number of hydrogen-bond acceptors (Lipinski definition) is 4. The molecule has 8 heteroatoms. The molecule has 3 aromatic rings. The summed E-state index contributed by atoms with van der Waals surface area (Å²) in [6, 6.07) is 21.5. The highest BCUT2D eigenvalue weighted by Crippen LogP contribution is 2.24. The molecule has 0 aromatic heterocycles. The summed E-state index contributed by atoms with van der Waals surface area (Å²) >= 11 is 12.0. The first-order valence-corrected chi connectivity index (χ1v) is 10.5. The minimum absolute atomic E-state index is 0.272. The zero-order valence-electron chi connectivity index (χ0n) is 17.2. The van der Waals surface area contributed by atoms with Gasteiger partial charge in [-0.1, -0.05) is 71.7 Å².